The van der Waals surface area contributed by atoms with Gasteiger partial charge < -0.3 is 19.5 Å². The summed E-state index contributed by atoms with van der Waals surface area (Å²) in [6, 6.07) is 7.84. The molecule has 3 aromatic rings. The maximum Gasteiger partial charge on any atom is 0.421 e. The largest absolute Gasteiger partial charge is 0.487 e. The van der Waals surface area contributed by atoms with Gasteiger partial charge in [0.25, 0.3) is 0 Å². The first-order valence-corrected chi connectivity index (χ1v) is 14.3. The third-order valence-electron chi connectivity index (χ3n) is 7.58. The van der Waals surface area contributed by atoms with Gasteiger partial charge in [-0.25, -0.2) is 9.78 Å². The minimum Gasteiger partial charge on any atom is -0.487 e. The van der Waals surface area contributed by atoms with E-state index in [1.807, 2.05) is 6.92 Å². The Morgan fingerprint density at radius 3 is 2.37 bits per heavy atom. The van der Waals surface area contributed by atoms with E-state index >= 15 is 0 Å². The Hall–Kier alpha value is -4.15. The van der Waals surface area contributed by atoms with Crippen LogP contribution in [-0.4, -0.2) is 33.0 Å². The molecule has 0 saturated heterocycles. The van der Waals surface area contributed by atoms with E-state index in [0.29, 0.717) is 17.4 Å². The Morgan fingerprint density at radius 1 is 1.07 bits per heavy atom. The van der Waals surface area contributed by atoms with Crippen LogP contribution in [0.4, 0.5) is 18.9 Å². The van der Waals surface area contributed by atoms with Crippen LogP contribution in [0.1, 0.15) is 79.3 Å². The zero-order valence-electron chi connectivity index (χ0n) is 24.9. The maximum absolute atomic E-state index is 14.0. The van der Waals surface area contributed by atoms with Crippen molar-refractivity contribution in [3.63, 3.8) is 0 Å². The number of aryl methyl sites for hydroxylation is 2. The van der Waals surface area contributed by atoms with Gasteiger partial charge in [-0.3, -0.25) is 9.78 Å². The summed E-state index contributed by atoms with van der Waals surface area (Å²) in [5, 5.41) is 10.0. The average molecular weight is 600 g/mol. The lowest BCUT2D eigenvalue weighted by atomic mass is 9.82. The molecule has 8 nitrogen and oxygen atoms in total. The minimum absolute atomic E-state index is 0.157. The van der Waals surface area contributed by atoms with Crippen molar-refractivity contribution in [3.05, 3.63) is 70.7 Å². The van der Waals surface area contributed by atoms with Crippen molar-refractivity contribution in [3.8, 4) is 17.4 Å². The number of carboxylic acids is 1. The summed E-state index contributed by atoms with van der Waals surface area (Å²) in [4.78, 5) is 35.4. The predicted molar refractivity (Wildman–Crippen MR) is 155 cm³/mol. The Kier molecular flexibility index (Phi) is 9.62. The molecule has 0 radical (unpaired) electrons. The summed E-state index contributed by atoms with van der Waals surface area (Å²) >= 11 is 0. The van der Waals surface area contributed by atoms with E-state index in [1.165, 1.54) is 23.2 Å². The summed E-state index contributed by atoms with van der Waals surface area (Å²) in [6.07, 6.45) is -0.319. The SMILES string of the molecule is Cc1ccc(OCc2cnc(Oc3ccc(N(C(=O)C4CCC(C)CC4)C(C)C)c(C(=O)O)c3)c(C(F)(F)F)c2)c(C)n1. The smallest absolute Gasteiger partial charge is 0.421 e. The Labute approximate surface area is 248 Å². The van der Waals surface area contributed by atoms with Crippen molar-refractivity contribution >= 4 is 17.6 Å². The summed E-state index contributed by atoms with van der Waals surface area (Å²) in [5.74, 6) is -1.64. The quantitative estimate of drug-likeness (QED) is 0.268. The summed E-state index contributed by atoms with van der Waals surface area (Å²) < 4.78 is 53.3. The van der Waals surface area contributed by atoms with Gasteiger partial charge in [0.05, 0.1) is 16.9 Å². The number of hydrogen-bond acceptors (Lipinski definition) is 6. The molecule has 0 spiro atoms. The number of amides is 1. The molecule has 4 rings (SSSR count). The van der Waals surface area contributed by atoms with Crippen LogP contribution in [0.3, 0.4) is 0 Å². The lowest BCUT2D eigenvalue weighted by Gasteiger charge is -2.34. The molecule has 0 bridgehead atoms. The first kappa shape index (κ1) is 31.8. The fourth-order valence-electron chi connectivity index (χ4n) is 5.27. The molecule has 1 aliphatic carbocycles. The molecule has 2 heterocycles. The van der Waals surface area contributed by atoms with Crippen molar-refractivity contribution in [2.75, 3.05) is 4.90 Å². The minimum atomic E-state index is -4.81. The molecule has 1 N–H and O–H groups in total. The van der Waals surface area contributed by atoms with E-state index in [2.05, 4.69) is 16.9 Å². The van der Waals surface area contributed by atoms with Gasteiger partial charge in [-0.15, -0.1) is 0 Å². The van der Waals surface area contributed by atoms with Crippen LogP contribution < -0.4 is 14.4 Å². The van der Waals surface area contributed by atoms with Gasteiger partial charge >= 0.3 is 12.1 Å². The number of hydrogen-bond donors (Lipinski definition) is 1. The van der Waals surface area contributed by atoms with Gasteiger partial charge in [0, 0.05) is 29.4 Å². The number of pyridine rings is 2. The lowest BCUT2D eigenvalue weighted by molar-refractivity contribution is -0.139. The third kappa shape index (κ3) is 7.63. The third-order valence-corrected chi connectivity index (χ3v) is 7.58. The van der Waals surface area contributed by atoms with Gasteiger partial charge in [-0.05, 0) is 95.7 Å². The number of aromatic nitrogens is 2. The molecule has 230 valence electrons. The highest BCUT2D eigenvalue weighted by atomic mass is 19.4. The molecule has 1 aromatic carbocycles. The highest BCUT2D eigenvalue weighted by molar-refractivity contribution is 6.03. The Bertz CT molecular complexity index is 1480. The van der Waals surface area contributed by atoms with Gasteiger partial charge in [-0.2, -0.15) is 13.2 Å². The summed E-state index contributed by atoms with van der Waals surface area (Å²) in [7, 11) is 0. The number of ether oxygens (including phenoxy) is 2. The summed E-state index contributed by atoms with van der Waals surface area (Å²) in [5.41, 5.74) is 0.310. The summed E-state index contributed by atoms with van der Waals surface area (Å²) in [6.45, 7) is 9.11. The zero-order chi connectivity index (χ0) is 31.5. The van der Waals surface area contributed by atoms with E-state index in [-0.39, 0.29) is 47.0 Å². The van der Waals surface area contributed by atoms with Crippen LogP contribution in [0.5, 0.6) is 17.4 Å². The van der Waals surface area contributed by atoms with Crippen molar-refractivity contribution in [2.24, 2.45) is 11.8 Å². The van der Waals surface area contributed by atoms with E-state index in [9.17, 15) is 27.9 Å². The normalized spacial score (nSPS) is 17.0. The van der Waals surface area contributed by atoms with Crippen molar-refractivity contribution < 1.29 is 37.3 Å². The van der Waals surface area contributed by atoms with Crippen LogP contribution in [0.2, 0.25) is 0 Å². The second-order valence-electron chi connectivity index (χ2n) is 11.4. The number of nitrogens with zero attached hydrogens (tertiary/aromatic N) is 3. The second kappa shape index (κ2) is 13.0. The van der Waals surface area contributed by atoms with Crippen molar-refractivity contribution in [1.82, 2.24) is 9.97 Å². The van der Waals surface area contributed by atoms with E-state index in [0.717, 1.165) is 43.5 Å². The van der Waals surface area contributed by atoms with E-state index in [1.54, 1.807) is 32.9 Å². The van der Waals surface area contributed by atoms with Crippen LogP contribution in [-0.2, 0) is 17.6 Å². The number of halogens is 3. The van der Waals surface area contributed by atoms with Crippen LogP contribution in [0.25, 0.3) is 0 Å². The molecule has 1 saturated carbocycles. The van der Waals surface area contributed by atoms with Gasteiger partial charge in [0.15, 0.2) is 0 Å². The maximum atomic E-state index is 14.0. The number of aromatic carboxylic acids is 1. The van der Waals surface area contributed by atoms with E-state index in [4.69, 9.17) is 9.47 Å². The first-order chi connectivity index (χ1) is 20.2. The molecule has 1 amide bonds. The monoisotopic (exact) mass is 599 g/mol. The topological polar surface area (TPSA) is 102 Å². The second-order valence-corrected chi connectivity index (χ2v) is 11.4. The van der Waals surface area contributed by atoms with Gasteiger partial charge in [-0.1, -0.05) is 6.92 Å². The van der Waals surface area contributed by atoms with Crippen molar-refractivity contribution in [1.29, 1.82) is 0 Å². The zero-order valence-corrected chi connectivity index (χ0v) is 24.9. The fraction of sp³-hybridized carbons (Fsp3) is 0.438. The van der Waals surface area contributed by atoms with Crippen LogP contribution in [0, 0.1) is 25.7 Å². The standard InChI is InChI=1S/C32H36F3N3O5/c1-18(2)38(30(39)23-9-6-19(3)7-10-23)27-12-11-24(15-25(27)31(40)41)43-29-26(32(33,34)35)14-22(16-36-29)17-42-28-13-8-20(4)37-21(28)5/h8,11-16,18-19,23H,6-7,9-10,17H2,1-5H3,(H,40,41). The Balaban J connectivity index is 1.60. The number of alkyl halides is 3. The molecular weight excluding hydrogens is 563 g/mol. The number of carboxylic acid groups (broad SMARTS) is 1. The first-order valence-electron chi connectivity index (χ1n) is 14.3. The number of rotatable bonds is 9. The van der Waals surface area contributed by atoms with E-state index < -0.39 is 23.6 Å². The lowest BCUT2D eigenvalue weighted by Crippen LogP contribution is -2.42. The highest BCUT2D eigenvalue weighted by Crippen LogP contribution is 2.39. The molecule has 0 unspecified atom stereocenters. The molecule has 0 aliphatic heterocycles. The molecule has 0 atom stereocenters. The predicted octanol–water partition coefficient (Wildman–Crippen LogP) is 7.75. The molecular formula is C32H36F3N3O5. The average Bonchev–Trinajstić information content (AvgIpc) is 2.93. The molecule has 2 aromatic heterocycles. The van der Waals surface area contributed by atoms with Gasteiger partial charge in [0.2, 0.25) is 11.8 Å². The van der Waals surface area contributed by atoms with Gasteiger partial charge in [0.1, 0.15) is 23.7 Å². The molecule has 11 heteroatoms. The number of carbonyl (C=O) groups is 2. The number of carbonyl (C=O) groups excluding carboxylic acids is 1. The van der Waals surface area contributed by atoms with Crippen molar-refractivity contribution in [2.45, 2.75) is 79.1 Å². The van der Waals surface area contributed by atoms with Crippen LogP contribution >= 0.6 is 0 Å². The Morgan fingerprint density at radius 2 is 1.77 bits per heavy atom. The molecule has 1 aliphatic rings. The molecule has 1 fully saturated rings. The molecule has 43 heavy (non-hydrogen) atoms. The number of anilines is 1. The fourth-order valence-corrected chi connectivity index (χ4v) is 5.27. The highest BCUT2D eigenvalue weighted by Gasteiger charge is 2.37. The number of benzene rings is 1. The van der Waals surface area contributed by atoms with Crippen LogP contribution in [0.15, 0.2) is 42.6 Å².